The Bertz CT molecular complexity index is 694. The van der Waals surface area contributed by atoms with Crippen molar-refractivity contribution in [1.29, 1.82) is 0 Å². The Morgan fingerprint density at radius 3 is 2.59 bits per heavy atom. The highest BCUT2D eigenvalue weighted by atomic mass is 79.9. The molecule has 3 nitrogen and oxygen atoms in total. The molecule has 0 amide bonds. The first-order valence-corrected chi connectivity index (χ1v) is 7.65. The monoisotopic (exact) mass is 369 g/mol. The Hall–Kier alpha value is -1.82. The minimum absolute atomic E-state index is 0.0623. The van der Waals surface area contributed by atoms with Crippen LogP contribution in [0.5, 0.6) is 11.5 Å². The van der Waals surface area contributed by atoms with Gasteiger partial charge in [-0.05, 0) is 36.8 Å². The van der Waals surface area contributed by atoms with Gasteiger partial charge in [0.25, 0.3) is 0 Å². The predicted molar refractivity (Wildman–Crippen MR) is 83.5 cm³/mol. The van der Waals surface area contributed by atoms with Crippen molar-refractivity contribution in [1.82, 2.24) is 0 Å². The molecular formula is C16H14BrF2NO2. The van der Waals surface area contributed by atoms with Crippen LogP contribution in [-0.2, 0) is 6.54 Å². The van der Waals surface area contributed by atoms with Crippen LogP contribution in [0.4, 0.5) is 14.5 Å². The molecule has 6 heteroatoms. The molecule has 0 spiro atoms. The molecule has 1 aliphatic rings. The second kappa shape index (κ2) is 5.76. The van der Waals surface area contributed by atoms with E-state index in [0.717, 1.165) is 22.3 Å². The van der Waals surface area contributed by atoms with Crippen molar-refractivity contribution in [2.24, 2.45) is 0 Å². The van der Waals surface area contributed by atoms with E-state index in [-0.39, 0.29) is 11.5 Å². The number of alkyl halides is 2. The molecule has 22 heavy (non-hydrogen) atoms. The normalized spacial score (nSPS) is 14.9. The fourth-order valence-electron chi connectivity index (χ4n) is 2.38. The maximum absolute atomic E-state index is 13.1. The van der Waals surface area contributed by atoms with Crippen LogP contribution in [0.25, 0.3) is 0 Å². The van der Waals surface area contributed by atoms with E-state index in [0.29, 0.717) is 6.54 Å². The van der Waals surface area contributed by atoms with Crippen LogP contribution < -0.4 is 14.4 Å². The lowest BCUT2D eigenvalue weighted by Crippen LogP contribution is -2.26. The number of anilines is 1. The summed E-state index contributed by atoms with van der Waals surface area (Å²) in [5.74, 6) is 0.127. The summed E-state index contributed by atoms with van der Waals surface area (Å²) in [6, 6.07) is 12.8. The van der Waals surface area contributed by atoms with E-state index in [1.165, 1.54) is 6.07 Å². The van der Waals surface area contributed by atoms with Crippen LogP contribution in [0.3, 0.4) is 0 Å². The van der Waals surface area contributed by atoms with Gasteiger partial charge in [0.05, 0.1) is 0 Å². The second-order valence-corrected chi connectivity index (χ2v) is 5.86. The first-order valence-electron chi connectivity index (χ1n) is 6.86. The van der Waals surface area contributed by atoms with Crippen molar-refractivity contribution in [3.05, 3.63) is 52.5 Å². The smallest absolute Gasteiger partial charge is 0.395 e. The quantitative estimate of drug-likeness (QED) is 0.772. The Labute approximate surface area is 135 Å². The van der Waals surface area contributed by atoms with E-state index in [2.05, 4.69) is 30.3 Å². The number of hydrogen-bond acceptors (Lipinski definition) is 3. The lowest BCUT2D eigenvalue weighted by Gasteiger charge is -2.23. The molecule has 116 valence electrons. The fourth-order valence-corrected chi connectivity index (χ4v) is 2.82. The molecule has 0 saturated carbocycles. The van der Waals surface area contributed by atoms with Gasteiger partial charge in [0.15, 0.2) is 11.5 Å². The minimum Gasteiger partial charge on any atom is -0.395 e. The largest absolute Gasteiger partial charge is 0.586 e. The molecule has 0 bridgehead atoms. The number of hydrogen-bond donors (Lipinski definition) is 0. The molecule has 1 heterocycles. The topological polar surface area (TPSA) is 21.7 Å². The van der Waals surface area contributed by atoms with Gasteiger partial charge in [-0.3, -0.25) is 0 Å². The number of ether oxygens (including phenoxy) is 2. The van der Waals surface area contributed by atoms with Gasteiger partial charge in [0.1, 0.15) is 0 Å². The lowest BCUT2D eigenvalue weighted by molar-refractivity contribution is -0.286. The third kappa shape index (κ3) is 3.16. The van der Waals surface area contributed by atoms with E-state index in [4.69, 9.17) is 0 Å². The molecule has 0 aliphatic carbocycles. The summed E-state index contributed by atoms with van der Waals surface area (Å²) in [6.45, 7) is 3.42. The van der Waals surface area contributed by atoms with Gasteiger partial charge < -0.3 is 14.4 Å². The van der Waals surface area contributed by atoms with Gasteiger partial charge >= 0.3 is 6.29 Å². The van der Waals surface area contributed by atoms with Crippen molar-refractivity contribution < 1.29 is 18.3 Å². The van der Waals surface area contributed by atoms with Gasteiger partial charge in [-0.2, -0.15) is 0 Å². The zero-order valence-electron chi connectivity index (χ0n) is 11.9. The van der Waals surface area contributed by atoms with Crippen molar-refractivity contribution in [2.45, 2.75) is 19.8 Å². The van der Waals surface area contributed by atoms with Crippen molar-refractivity contribution in [3.63, 3.8) is 0 Å². The Morgan fingerprint density at radius 2 is 1.86 bits per heavy atom. The Morgan fingerprint density at radius 1 is 1.09 bits per heavy atom. The molecule has 0 atom stereocenters. The van der Waals surface area contributed by atoms with Crippen molar-refractivity contribution in [2.75, 3.05) is 11.4 Å². The molecule has 0 saturated heterocycles. The van der Waals surface area contributed by atoms with Crippen LogP contribution in [0.1, 0.15) is 12.5 Å². The van der Waals surface area contributed by atoms with E-state index in [1.54, 1.807) is 12.1 Å². The average Bonchev–Trinajstić information content (AvgIpc) is 2.77. The molecule has 0 aromatic heterocycles. The summed E-state index contributed by atoms with van der Waals surface area (Å²) in [7, 11) is 0. The van der Waals surface area contributed by atoms with Crippen LogP contribution in [0.15, 0.2) is 46.9 Å². The minimum atomic E-state index is -3.58. The third-order valence-electron chi connectivity index (χ3n) is 3.39. The molecule has 2 aromatic rings. The maximum atomic E-state index is 13.1. The predicted octanol–water partition coefficient (Wildman–Crippen LogP) is 4.80. The van der Waals surface area contributed by atoms with Crippen molar-refractivity contribution >= 4 is 21.6 Å². The Kier molecular flexibility index (Phi) is 3.95. The van der Waals surface area contributed by atoms with Gasteiger partial charge in [-0.25, -0.2) is 0 Å². The van der Waals surface area contributed by atoms with Gasteiger partial charge in [0, 0.05) is 29.3 Å². The highest BCUT2D eigenvalue weighted by molar-refractivity contribution is 9.10. The number of benzene rings is 2. The van der Waals surface area contributed by atoms with Crippen LogP contribution in [0, 0.1) is 0 Å². The zero-order chi connectivity index (χ0) is 15.7. The molecular weight excluding hydrogens is 356 g/mol. The highest BCUT2D eigenvalue weighted by Gasteiger charge is 2.43. The molecule has 0 radical (unpaired) electrons. The molecule has 1 aliphatic heterocycles. The second-order valence-electron chi connectivity index (χ2n) is 4.94. The summed E-state index contributed by atoms with van der Waals surface area (Å²) < 4.78 is 36.1. The molecule has 0 N–H and O–H groups in total. The number of fused-ring (bicyclic) bond motifs is 1. The van der Waals surface area contributed by atoms with Crippen molar-refractivity contribution in [3.8, 4) is 11.5 Å². The summed E-state index contributed by atoms with van der Waals surface area (Å²) in [6.07, 6.45) is -3.58. The van der Waals surface area contributed by atoms with Gasteiger partial charge in [-0.15, -0.1) is 8.78 Å². The number of nitrogens with zero attached hydrogens (tertiary/aromatic N) is 1. The van der Waals surface area contributed by atoms with E-state index >= 15 is 0 Å². The van der Waals surface area contributed by atoms with E-state index < -0.39 is 6.29 Å². The number of halogens is 3. The molecule has 3 rings (SSSR count). The standard InChI is InChI=1S/C16H14BrF2NO2/c1-2-20(10-11-4-3-5-12(17)8-11)13-6-7-14-15(9-13)22-16(18,19)21-14/h3-9H,2,10H2,1H3. The summed E-state index contributed by atoms with van der Waals surface area (Å²) in [4.78, 5) is 2.07. The average molecular weight is 370 g/mol. The molecule has 2 aromatic carbocycles. The van der Waals surface area contributed by atoms with Gasteiger partial charge in [0.2, 0.25) is 0 Å². The summed E-state index contributed by atoms with van der Waals surface area (Å²) >= 11 is 3.44. The lowest BCUT2D eigenvalue weighted by atomic mass is 10.2. The molecule has 0 unspecified atom stereocenters. The van der Waals surface area contributed by atoms with Crippen LogP contribution in [0.2, 0.25) is 0 Å². The zero-order valence-corrected chi connectivity index (χ0v) is 13.4. The summed E-state index contributed by atoms with van der Waals surface area (Å²) in [5, 5.41) is 0. The van der Waals surface area contributed by atoms with Crippen LogP contribution >= 0.6 is 15.9 Å². The van der Waals surface area contributed by atoms with Crippen LogP contribution in [-0.4, -0.2) is 12.8 Å². The first kappa shape index (κ1) is 15.1. The third-order valence-corrected chi connectivity index (χ3v) is 3.89. The Balaban J connectivity index is 1.83. The highest BCUT2D eigenvalue weighted by Crippen LogP contribution is 2.42. The SMILES string of the molecule is CCN(Cc1cccc(Br)c1)c1ccc2c(c1)OC(F)(F)O2. The molecule has 0 fully saturated rings. The van der Waals surface area contributed by atoms with E-state index in [1.807, 2.05) is 31.2 Å². The number of rotatable bonds is 4. The first-order chi connectivity index (χ1) is 10.5. The fraction of sp³-hybridized carbons (Fsp3) is 0.250. The maximum Gasteiger partial charge on any atom is 0.586 e. The van der Waals surface area contributed by atoms with Gasteiger partial charge in [-0.1, -0.05) is 28.1 Å². The van der Waals surface area contributed by atoms with E-state index in [9.17, 15) is 8.78 Å². The summed E-state index contributed by atoms with van der Waals surface area (Å²) in [5.41, 5.74) is 1.93.